The lowest BCUT2D eigenvalue weighted by Gasteiger charge is -2.01. The molecule has 0 spiro atoms. The van der Waals surface area contributed by atoms with Crippen molar-refractivity contribution in [2.45, 2.75) is 6.92 Å². The summed E-state index contributed by atoms with van der Waals surface area (Å²) in [4.78, 5) is 15.1. The van der Waals surface area contributed by atoms with E-state index in [1.165, 1.54) is 11.5 Å². The summed E-state index contributed by atoms with van der Waals surface area (Å²) in [5, 5.41) is 6.00. The molecule has 1 rings (SSSR count). The van der Waals surface area contributed by atoms with Crippen LogP contribution in [-0.4, -0.2) is 28.4 Å². The molecule has 0 aliphatic carbocycles. The van der Waals surface area contributed by atoms with E-state index in [2.05, 4.69) is 25.9 Å². The molecule has 2 N–H and O–H groups in total. The van der Waals surface area contributed by atoms with E-state index >= 15 is 0 Å². The standard InChI is InChI=1S/C8H10N4OS/c1-3-4-9-7(13)5-10-8-11-6(2)12-14-8/h1H,4-5H2,2H3,(H,9,13)(H,10,11,12). The van der Waals surface area contributed by atoms with Crippen LogP contribution >= 0.6 is 11.5 Å². The molecule has 0 aliphatic rings. The average molecular weight is 210 g/mol. The van der Waals surface area contributed by atoms with E-state index in [9.17, 15) is 4.79 Å². The van der Waals surface area contributed by atoms with Gasteiger partial charge in [0.2, 0.25) is 11.0 Å². The number of hydrogen-bond donors (Lipinski definition) is 2. The Balaban J connectivity index is 2.27. The van der Waals surface area contributed by atoms with E-state index in [1.807, 2.05) is 0 Å². The zero-order valence-electron chi connectivity index (χ0n) is 7.70. The number of nitrogens with one attached hydrogen (secondary N) is 2. The van der Waals surface area contributed by atoms with Crippen molar-refractivity contribution >= 4 is 22.6 Å². The van der Waals surface area contributed by atoms with E-state index in [-0.39, 0.29) is 19.0 Å². The Morgan fingerprint density at radius 1 is 1.71 bits per heavy atom. The van der Waals surface area contributed by atoms with Crippen LogP contribution in [0.4, 0.5) is 5.13 Å². The van der Waals surface area contributed by atoms with Gasteiger partial charge in [0.15, 0.2) is 0 Å². The van der Waals surface area contributed by atoms with E-state index in [4.69, 9.17) is 6.42 Å². The minimum absolute atomic E-state index is 0.157. The normalized spacial score (nSPS) is 9.14. The van der Waals surface area contributed by atoms with Crippen LogP contribution in [0.2, 0.25) is 0 Å². The molecule has 6 heteroatoms. The summed E-state index contributed by atoms with van der Waals surface area (Å²) in [6, 6.07) is 0. The highest BCUT2D eigenvalue weighted by Gasteiger charge is 2.02. The zero-order valence-corrected chi connectivity index (χ0v) is 8.52. The first-order valence-electron chi connectivity index (χ1n) is 3.96. The third kappa shape index (κ3) is 3.41. The molecular weight excluding hydrogens is 200 g/mol. The Kier molecular flexibility index (Phi) is 3.88. The fourth-order valence-electron chi connectivity index (χ4n) is 0.737. The van der Waals surface area contributed by atoms with Gasteiger partial charge < -0.3 is 10.6 Å². The van der Waals surface area contributed by atoms with Gasteiger partial charge in [0.25, 0.3) is 0 Å². The van der Waals surface area contributed by atoms with Crippen LogP contribution in [0.15, 0.2) is 0 Å². The van der Waals surface area contributed by atoms with Crippen molar-refractivity contribution in [3.05, 3.63) is 5.82 Å². The van der Waals surface area contributed by atoms with Crippen molar-refractivity contribution < 1.29 is 4.79 Å². The van der Waals surface area contributed by atoms with Crippen LogP contribution in [0.1, 0.15) is 5.82 Å². The van der Waals surface area contributed by atoms with E-state index in [0.29, 0.717) is 11.0 Å². The number of anilines is 1. The van der Waals surface area contributed by atoms with Gasteiger partial charge in [0.05, 0.1) is 13.1 Å². The monoisotopic (exact) mass is 210 g/mol. The first-order chi connectivity index (χ1) is 6.72. The van der Waals surface area contributed by atoms with Crippen molar-refractivity contribution in [2.75, 3.05) is 18.4 Å². The van der Waals surface area contributed by atoms with Crippen LogP contribution < -0.4 is 10.6 Å². The van der Waals surface area contributed by atoms with Gasteiger partial charge in [0.1, 0.15) is 5.82 Å². The smallest absolute Gasteiger partial charge is 0.240 e. The zero-order chi connectivity index (χ0) is 10.4. The van der Waals surface area contributed by atoms with E-state index in [0.717, 1.165) is 0 Å². The maximum absolute atomic E-state index is 11.1. The molecule has 0 unspecified atom stereocenters. The molecule has 74 valence electrons. The summed E-state index contributed by atoms with van der Waals surface area (Å²) in [6.07, 6.45) is 4.98. The highest BCUT2D eigenvalue weighted by molar-refractivity contribution is 7.09. The fourth-order valence-corrected chi connectivity index (χ4v) is 1.31. The summed E-state index contributed by atoms with van der Waals surface area (Å²) in [5.74, 6) is 2.86. The van der Waals surface area contributed by atoms with Crippen LogP contribution in [-0.2, 0) is 4.79 Å². The number of rotatable bonds is 4. The van der Waals surface area contributed by atoms with Crippen molar-refractivity contribution in [1.29, 1.82) is 0 Å². The Morgan fingerprint density at radius 3 is 3.07 bits per heavy atom. The Labute approximate surface area is 86.1 Å². The molecule has 14 heavy (non-hydrogen) atoms. The molecule has 1 aromatic rings. The predicted octanol–water partition coefficient (Wildman–Crippen LogP) is 0.00782. The third-order valence-electron chi connectivity index (χ3n) is 1.32. The minimum Gasteiger partial charge on any atom is -0.351 e. The molecule has 1 amide bonds. The average Bonchev–Trinajstić information content (AvgIpc) is 2.58. The highest BCUT2D eigenvalue weighted by atomic mass is 32.1. The summed E-state index contributed by atoms with van der Waals surface area (Å²) in [5.41, 5.74) is 0. The minimum atomic E-state index is -0.157. The topological polar surface area (TPSA) is 66.9 Å². The molecule has 0 aromatic carbocycles. The summed E-state index contributed by atoms with van der Waals surface area (Å²) >= 11 is 1.22. The quantitative estimate of drug-likeness (QED) is 0.687. The molecule has 0 atom stereocenters. The van der Waals surface area contributed by atoms with Gasteiger partial charge in [-0.1, -0.05) is 5.92 Å². The molecule has 0 radical (unpaired) electrons. The highest BCUT2D eigenvalue weighted by Crippen LogP contribution is 2.08. The second-order valence-electron chi connectivity index (χ2n) is 2.48. The lowest BCUT2D eigenvalue weighted by Crippen LogP contribution is -2.29. The molecule has 0 bridgehead atoms. The second kappa shape index (κ2) is 5.19. The van der Waals surface area contributed by atoms with Gasteiger partial charge in [-0.25, -0.2) is 4.98 Å². The molecule has 1 heterocycles. The molecule has 0 fully saturated rings. The van der Waals surface area contributed by atoms with Gasteiger partial charge >= 0.3 is 0 Å². The fraction of sp³-hybridized carbons (Fsp3) is 0.375. The van der Waals surface area contributed by atoms with Crippen LogP contribution in [0, 0.1) is 19.3 Å². The SMILES string of the molecule is C#CCNC(=O)CNc1nc(C)ns1. The van der Waals surface area contributed by atoms with Crippen LogP contribution in [0.5, 0.6) is 0 Å². The summed E-state index contributed by atoms with van der Waals surface area (Å²) in [7, 11) is 0. The number of terminal acetylenes is 1. The number of amides is 1. The number of aryl methyl sites for hydroxylation is 1. The number of hydrogen-bond acceptors (Lipinski definition) is 5. The molecule has 5 nitrogen and oxygen atoms in total. The first-order valence-corrected chi connectivity index (χ1v) is 4.74. The largest absolute Gasteiger partial charge is 0.351 e. The van der Waals surface area contributed by atoms with Crippen molar-refractivity contribution in [1.82, 2.24) is 14.7 Å². The van der Waals surface area contributed by atoms with Gasteiger partial charge in [-0.15, -0.1) is 6.42 Å². The third-order valence-corrected chi connectivity index (χ3v) is 2.08. The summed E-state index contributed by atoms with van der Waals surface area (Å²) < 4.78 is 3.96. The Hall–Kier alpha value is -1.61. The second-order valence-corrected chi connectivity index (χ2v) is 3.23. The molecule has 0 saturated heterocycles. The maximum atomic E-state index is 11.1. The number of aromatic nitrogens is 2. The molecular formula is C8H10N4OS. The van der Waals surface area contributed by atoms with Crippen molar-refractivity contribution in [3.8, 4) is 12.3 Å². The molecule has 0 aliphatic heterocycles. The van der Waals surface area contributed by atoms with Crippen LogP contribution in [0.3, 0.4) is 0 Å². The van der Waals surface area contributed by atoms with Crippen LogP contribution in [0.25, 0.3) is 0 Å². The van der Waals surface area contributed by atoms with E-state index in [1.54, 1.807) is 6.92 Å². The van der Waals surface area contributed by atoms with Gasteiger partial charge in [-0.3, -0.25) is 4.79 Å². The Morgan fingerprint density at radius 2 is 2.50 bits per heavy atom. The van der Waals surface area contributed by atoms with Crippen molar-refractivity contribution in [2.24, 2.45) is 0 Å². The number of carbonyl (C=O) groups excluding carboxylic acids is 1. The number of nitrogens with zero attached hydrogens (tertiary/aromatic N) is 2. The van der Waals surface area contributed by atoms with Gasteiger partial charge in [0, 0.05) is 11.5 Å². The Bertz CT molecular complexity index is 354. The van der Waals surface area contributed by atoms with Gasteiger partial charge in [-0.05, 0) is 6.92 Å². The summed E-state index contributed by atoms with van der Waals surface area (Å²) in [6.45, 7) is 2.20. The molecule has 0 saturated carbocycles. The maximum Gasteiger partial charge on any atom is 0.240 e. The van der Waals surface area contributed by atoms with Gasteiger partial charge in [-0.2, -0.15) is 4.37 Å². The lowest BCUT2D eigenvalue weighted by atomic mass is 10.5. The first kappa shape index (κ1) is 10.5. The van der Waals surface area contributed by atoms with Crippen molar-refractivity contribution in [3.63, 3.8) is 0 Å². The van der Waals surface area contributed by atoms with E-state index < -0.39 is 0 Å². The predicted molar refractivity (Wildman–Crippen MR) is 55.0 cm³/mol. The lowest BCUT2D eigenvalue weighted by molar-refractivity contribution is -0.119. The number of carbonyl (C=O) groups is 1. The molecule has 1 aromatic heterocycles.